The molecule has 0 bridgehead atoms. The Morgan fingerprint density at radius 1 is 1.00 bits per heavy atom. The number of hydrogen-bond acceptors (Lipinski definition) is 2. The van der Waals surface area contributed by atoms with Crippen LogP contribution in [0, 0.1) is 20.8 Å². The molecule has 0 aliphatic rings. The van der Waals surface area contributed by atoms with Gasteiger partial charge in [-0.15, -0.1) is 0 Å². The fourth-order valence-electron chi connectivity index (χ4n) is 1.80. The molecular formula is C16H16O2S. The van der Waals surface area contributed by atoms with Gasteiger partial charge in [-0.1, -0.05) is 23.9 Å². The van der Waals surface area contributed by atoms with Crippen molar-refractivity contribution in [3.05, 3.63) is 58.7 Å². The molecular weight excluding hydrogens is 256 g/mol. The maximum Gasteiger partial charge on any atom is 0.336 e. The number of carbonyl (C=O) groups is 1. The van der Waals surface area contributed by atoms with Gasteiger partial charge in [-0.2, -0.15) is 0 Å². The fraction of sp³-hybridized carbons (Fsp3) is 0.188. The lowest BCUT2D eigenvalue weighted by Crippen LogP contribution is -1.99. The van der Waals surface area contributed by atoms with Crippen LogP contribution in [0.3, 0.4) is 0 Å². The van der Waals surface area contributed by atoms with E-state index in [1.54, 1.807) is 6.07 Å². The van der Waals surface area contributed by atoms with E-state index in [0.717, 1.165) is 15.4 Å². The summed E-state index contributed by atoms with van der Waals surface area (Å²) < 4.78 is 0. The Kier molecular flexibility index (Phi) is 3.96. The zero-order valence-electron chi connectivity index (χ0n) is 11.2. The van der Waals surface area contributed by atoms with E-state index in [4.69, 9.17) is 0 Å². The number of rotatable bonds is 3. The Hall–Kier alpha value is -1.74. The summed E-state index contributed by atoms with van der Waals surface area (Å²) in [4.78, 5) is 13.1. The highest BCUT2D eigenvalue weighted by Gasteiger charge is 2.11. The van der Waals surface area contributed by atoms with Gasteiger partial charge in [0, 0.05) is 9.79 Å². The van der Waals surface area contributed by atoms with Gasteiger partial charge in [0.1, 0.15) is 0 Å². The van der Waals surface area contributed by atoms with E-state index in [9.17, 15) is 9.90 Å². The summed E-state index contributed by atoms with van der Waals surface area (Å²) in [6.07, 6.45) is 0. The van der Waals surface area contributed by atoms with Gasteiger partial charge < -0.3 is 5.11 Å². The SMILES string of the molecule is Cc1ccc(C(=O)O)c(Sc2ccc(C)c(C)c2)c1. The van der Waals surface area contributed by atoms with Crippen molar-refractivity contribution in [3.8, 4) is 0 Å². The largest absolute Gasteiger partial charge is 0.478 e. The third-order valence-corrected chi connectivity index (χ3v) is 4.12. The summed E-state index contributed by atoms with van der Waals surface area (Å²) in [5.74, 6) is -0.883. The van der Waals surface area contributed by atoms with Gasteiger partial charge in [0.2, 0.25) is 0 Å². The van der Waals surface area contributed by atoms with Crippen LogP contribution in [-0.4, -0.2) is 11.1 Å². The summed E-state index contributed by atoms with van der Waals surface area (Å²) in [7, 11) is 0. The lowest BCUT2D eigenvalue weighted by molar-refractivity contribution is 0.0693. The highest BCUT2D eigenvalue weighted by Crippen LogP contribution is 2.32. The quantitative estimate of drug-likeness (QED) is 0.896. The number of carboxylic acids is 1. The van der Waals surface area contributed by atoms with Crippen LogP contribution < -0.4 is 0 Å². The van der Waals surface area contributed by atoms with Crippen LogP contribution in [0.1, 0.15) is 27.0 Å². The lowest BCUT2D eigenvalue weighted by Gasteiger charge is -2.08. The van der Waals surface area contributed by atoms with Crippen LogP contribution in [0.4, 0.5) is 0 Å². The summed E-state index contributed by atoms with van der Waals surface area (Å²) >= 11 is 1.50. The third-order valence-electron chi connectivity index (χ3n) is 3.07. The summed E-state index contributed by atoms with van der Waals surface area (Å²) in [6.45, 7) is 6.10. The van der Waals surface area contributed by atoms with Crippen LogP contribution >= 0.6 is 11.8 Å². The second-order valence-corrected chi connectivity index (χ2v) is 5.77. The topological polar surface area (TPSA) is 37.3 Å². The molecule has 0 aliphatic heterocycles. The molecule has 0 saturated heterocycles. The zero-order valence-corrected chi connectivity index (χ0v) is 12.0. The Bertz CT molecular complexity index is 633. The number of aromatic carboxylic acids is 1. The molecule has 0 saturated carbocycles. The van der Waals surface area contributed by atoms with E-state index in [0.29, 0.717) is 5.56 Å². The monoisotopic (exact) mass is 272 g/mol. The average molecular weight is 272 g/mol. The first-order valence-corrected chi connectivity index (χ1v) is 6.88. The predicted molar refractivity (Wildman–Crippen MR) is 78.2 cm³/mol. The fourth-order valence-corrected chi connectivity index (χ4v) is 2.93. The minimum absolute atomic E-state index is 0.355. The Balaban J connectivity index is 2.39. The minimum atomic E-state index is -0.883. The van der Waals surface area contributed by atoms with Crippen molar-refractivity contribution in [3.63, 3.8) is 0 Å². The third kappa shape index (κ3) is 3.18. The molecule has 0 unspecified atom stereocenters. The first-order valence-electron chi connectivity index (χ1n) is 6.06. The van der Waals surface area contributed by atoms with E-state index in [-0.39, 0.29) is 0 Å². The molecule has 0 fully saturated rings. The molecule has 2 rings (SSSR count). The van der Waals surface area contributed by atoms with Crippen LogP contribution in [0.15, 0.2) is 46.2 Å². The van der Waals surface area contributed by atoms with Gasteiger partial charge >= 0.3 is 5.97 Å². The van der Waals surface area contributed by atoms with Crippen molar-refractivity contribution in [1.29, 1.82) is 0 Å². The van der Waals surface area contributed by atoms with Crippen molar-refractivity contribution in [2.45, 2.75) is 30.6 Å². The molecule has 98 valence electrons. The van der Waals surface area contributed by atoms with Gasteiger partial charge in [-0.25, -0.2) is 4.79 Å². The zero-order chi connectivity index (χ0) is 14.0. The summed E-state index contributed by atoms with van der Waals surface area (Å²) in [5, 5.41) is 9.22. The molecule has 0 atom stereocenters. The molecule has 2 aromatic rings. The van der Waals surface area contributed by atoms with Crippen LogP contribution in [0.5, 0.6) is 0 Å². The maximum absolute atomic E-state index is 11.2. The van der Waals surface area contributed by atoms with Gasteiger partial charge in [-0.3, -0.25) is 0 Å². The second kappa shape index (κ2) is 5.49. The standard InChI is InChI=1S/C16H16O2S/c1-10-4-7-14(16(17)18)15(8-10)19-13-6-5-11(2)12(3)9-13/h4-9H,1-3H3,(H,17,18). The molecule has 3 heteroatoms. The van der Waals surface area contributed by atoms with Crippen molar-refractivity contribution in [2.75, 3.05) is 0 Å². The molecule has 0 heterocycles. The Labute approximate surface area is 117 Å². The van der Waals surface area contributed by atoms with Gasteiger partial charge in [0.15, 0.2) is 0 Å². The maximum atomic E-state index is 11.2. The summed E-state index contributed by atoms with van der Waals surface area (Å²) in [5.41, 5.74) is 3.88. The van der Waals surface area contributed by atoms with Crippen molar-refractivity contribution < 1.29 is 9.90 Å². The molecule has 2 nitrogen and oxygen atoms in total. The van der Waals surface area contributed by atoms with E-state index in [2.05, 4.69) is 26.0 Å². The van der Waals surface area contributed by atoms with Gasteiger partial charge in [0.05, 0.1) is 5.56 Å². The highest BCUT2D eigenvalue weighted by molar-refractivity contribution is 7.99. The molecule has 0 aliphatic carbocycles. The number of aryl methyl sites for hydroxylation is 3. The normalized spacial score (nSPS) is 10.5. The Morgan fingerprint density at radius 2 is 1.74 bits per heavy atom. The van der Waals surface area contributed by atoms with Crippen molar-refractivity contribution in [1.82, 2.24) is 0 Å². The molecule has 19 heavy (non-hydrogen) atoms. The molecule has 0 amide bonds. The van der Waals surface area contributed by atoms with E-state index < -0.39 is 5.97 Å². The average Bonchev–Trinajstić information content (AvgIpc) is 2.33. The second-order valence-electron chi connectivity index (χ2n) is 4.65. The first kappa shape index (κ1) is 13.7. The van der Waals surface area contributed by atoms with Crippen LogP contribution in [0.25, 0.3) is 0 Å². The predicted octanol–water partition coefficient (Wildman–Crippen LogP) is 4.46. The Morgan fingerprint density at radius 3 is 2.37 bits per heavy atom. The van der Waals surface area contributed by atoms with Crippen molar-refractivity contribution >= 4 is 17.7 Å². The minimum Gasteiger partial charge on any atom is -0.478 e. The van der Waals surface area contributed by atoms with E-state index >= 15 is 0 Å². The van der Waals surface area contributed by atoms with E-state index in [1.165, 1.54) is 22.9 Å². The van der Waals surface area contributed by atoms with Crippen LogP contribution in [0.2, 0.25) is 0 Å². The lowest BCUT2D eigenvalue weighted by atomic mass is 10.1. The smallest absolute Gasteiger partial charge is 0.336 e. The summed E-state index contributed by atoms with van der Waals surface area (Å²) in [6, 6.07) is 11.6. The number of carboxylic acid groups (broad SMARTS) is 1. The molecule has 1 N–H and O–H groups in total. The molecule has 0 aromatic heterocycles. The van der Waals surface area contributed by atoms with Crippen LogP contribution in [-0.2, 0) is 0 Å². The first-order chi connectivity index (χ1) is 8.97. The van der Waals surface area contributed by atoms with Crippen molar-refractivity contribution in [2.24, 2.45) is 0 Å². The number of hydrogen-bond donors (Lipinski definition) is 1. The molecule has 2 aromatic carbocycles. The highest BCUT2D eigenvalue weighted by atomic mass is 32.2. The van der Waals surface area contributed by atoms with Gasteiger partial charge in [-0.05, 0) is 61.7 Å². The van der Waals surface area contributed by atoms with Gasteiger partial charge in [0.25, 0.3) is 0 Å². The molecule has 0 spiro atoms. The molecule has 0 radical (unpaired) electrons. The van der Waals surface area contributed by atoms with E-state index in [1.807, 2.05) is 25.1 Å². The number of benzene rings is 2.